The van der Waals surface area contributed by atoms with Gasteiger partial charge in [-0.3, -0.25) is 9.80 Å². The molecule has 0 aliphatic carbocycles. The number of carbonyl (C=O) groups is 2. The number of methoxy groups -OCH3 is 8. The van der Waals surface area contributed by atoms with Crippen LogP contribution in [0, 0.1) is 0 Å². The Balaban J connectivity index is 1.45. The summed E-state index contributed by atoms with van der Waals surface area (Å²) in [4.78, 5) is 35.5. The molecule has 0 radical (unpaired) electrons. The summed E-state index contributed by atoms with van der Waals surface area (Å²) in [6.07, 6.45) is 5.47. The quantitative estimate of drug-likeness (QED) is 0.0394. The smallest absolute Gasteiger partial charge is 0.418 e. The summed E-state index contributed by atoms with van der Waals surface area (Å²) in [5.74, 6) is 6.28. The van der Waals surface area contributed by atoms with Gasteiger partial charge in [-0.2, -0.15) is 0 Å². The van der Waals surface area contributed by atoms with Gasteiger partial charge in [0.2, 0.25) is 0 Å². The topological polar surface area (TPSA) is 133 Å². The first kappa shape index (κ1) is 60.8. The summed E-state index contributed by atoms with van der Waals surface area (Å²) in [7, 11) is 12.9. The van der Waals surface area contributed by atoms with Crippen molar-refractivity contribution in [2.75, 3.05) is 106 Å². The van der Waals surface area contributed by atoms with Gasteiger partial charge in [0.05, 0.1) is 56.9 Å². The highest BCUT2D eigenvalue weighted by Crippen LogP contribution is 2.50. The van der Waals surface area contributed by atoms with Gasteiger partial charge >= 0.3 is 11.9 Å². The number of hydrogen-bond donors (Lipinski definition) is 0. The van der Waals surface area contributed by atoms with Gasteiger partial charge in [-0.1, -0.05) is 51.0 Å². The van der Waals surface area contributed by atoms with E-state index < -0.39 is 31.5 Å². The monoisotopic (exact) mass is 1120 g/mol. The van der Waals surface area contributed by atoms with E-state index in [4.69, 9.17) is 47.4 Å². The van der Waals surface area contributed by atoms with Crippen molar-refractivity contribution in [1.82, 2.24) is 9.80 Å². The molecular formula is C58H80N2O12S4. The fourth-order valence-corrected chi connectivity index (χ4v) is 16.1. The Bertz CT molecular complexity index is 2350. The van der Waals surface area contributed by atoms with Crippen LogP contribution in [-0.4, -0.2) is 136 Å². The third kappa shape index (κ3) is 14.6. The minimum atomic E-state index is -1.37. The standard InChI is InChI=1S/C58H80N2O12S4/c1-13-27-57(43-19-23-47(65-7)51(37-43)69-11,39-59(55(3)73-31-15-32-74-55)29-25-41-17-21-45(63-5)49(35-41)67-9)71-53(61)54(62)72-58(28-14-2,44-20-24-48(66-8)52(38-44)70-12)40-60(56(4)75-33-16-34-76-56)30-26-42-18-22-46(64-6)50(36-42)68-10/h17-24,35-38H,13-16,25-34,39-40H2,1-12H3. The zero-order valence-electron chi connectivity index (χ0n) is 46.7. The maximum Gasteiger partial charge on any atom is 0.418 e. The molecule has 2 unspecified atom stereocenters. The van der Waals surface area contributed by atoms with Crippen LogP contribution in [0.1, 0.15) is 88.5 Å². The average molecular weight is 1130 g/mol. The average Bonchev–Trinajstić information content (AvgIpc) is 3.44. The molecule has 418 valence electrons. The van der Waals surface area contributed by atoms with Gasteiger partial charge in [0.25, 0.3) is 0 Å². The number of rotatable bonds is 28. The lowest BCUT2D eigenvalue weighted by Gasteiger charge is -2.48. The van der Waals surface area contributed by atoms with E-state index in [0.29, 0.717) is 109 Å². The molecular weight excluding hydrogens is 1040 g/mol. The third-order valence-corrected chi connectivity index (χ3v) is 20.8. The van der Waals surface area contributed by atoms with Gasteiger partial charge in [0.1, 0.15) is 8.41 Å². The van der Waals surface area contributed by atoms with E-state index in [0.717, 1.165) is 47.0 Å². The van der Waals surface area contributed by atoms with E-state index in [1.165, 1.54) is 0 Å². The van der Waals surface area contributed by atoms with E-state index in [1.54, 1.807) is 56.9 Å². The molecule has 18 heteroatoms. The second kappa shape index (κ2) is 28.4. The largest absolute Gasteiger partial charge is 0.493 e. The van der Waals surface area contributed by atoms with Crippen molar-refractivity contribution in [1.29, 1.82) is 0 Å². The number of esters is 2. The molecule has 14 nitrogen and oxygen atoms in total. The van der Waals surface area contributed by atoms with Crippen molar-refractivity contribution in [2.45, 2.75) is 98.7 Å². The lowest BCUT2D eigenvalue weighted by Crippen LogP contribution is -2.54. The lowest BCUT2D eigenvalue weighted by molar-refractivity contribution is -0.191. The zero-order chi connectivity index (χ0) is 54.9. The lowest BCUT2D eigenvalue weighted by atomic mass is 9.87. The van der Waals surface area contributed by atoms with Gasteiger partial charge in [0, 0.05) is 37.3 Å². The Labute approximate surface area is 468 Å². The fourth-order valence-electron chi connectivity index (χ4n) is 10.1. The summed E-state index contributed by atoms with van der Waals surface area (Å²) in [5.41, 5.74) is 0.717. The van der Waals surface area contributed by atoms with Crippen LogP contribution in [0.2, 0.25) is 0 Å². The van der Waals surface area contributed by atoms with Crippen LogP contribution in [0.15, 0.2) is 72.8 Å². The van der Waals surface area contributed by atoms with Gasteiger partial charge in [0.15, 0.2) is 57.2 Å². The summed E-state index contributed by atoms with van der Waals surface area (Å²) in [6.45, 7) is 10.3. The number of ether oxygens (including phenoxy) is 10. The minimum Gasteiger partial charge on any atom is -0.493 e. The molecule has 76 heavy (non-hydrogen) atoms. The molecule has 6 rings (SSSR count). The maximum atomic E-state index is 15.3. The molecule has 2 aliphatic rings. The van der Waals surface area contributed by atoms with E-state index in [2.05, 4.69) is 49.6 Å². The van der Waals surface area contributed by atoms with E-state index in [-0.39, 0.29) is 13.1 Å². The molecule has 0 saturated carbocycles. The van der Waals surface area contributed by atoms with Crippen molar-refractivity contribution in [3.8, 4) is 46.0 Å². The second-order valence-corrected chi connectivity index (χ2v) is 25.5. The van der Waals surface area contributed by atoms with Crippen molar-refractivity contribution >= 4 is 59.0 Å². The van der Waals surface area contributed by atoms with Crippen LogP contribution in [0.3, 0.4) is 0 Å². The SMILES string of the molecule is CCCC(CN(CCc1ccc(OC)c(OC)c1)C1(C)SCCCS1)(OC(=O)C(=O)OC(CCC)(CN(CCc1ccc(OC)c(OC)c1)C1(C)SCCCS1)c1ccc(OC)c(OC)c1)c1ccc(OC)c(OC)c1. The number of carbonyl (C=O) groups excluding carboxylic acids is 2. The highest BCUT2D eigenvalue weighted by atomic mass is 32.2. The first-order valence-corrected chi connectivity index (χ1v) is 30.0. The third-order valence-electron chi connectivity index (χ3n) is 14.2. The zero-order valence-corrected chi connectivity index (χ0v) is 49.9. The number of nitrogens with zero attached hydrogens (tertiary/aromatic N) is 2. The van der Waals surface area contributed by atoms with Crippen LogP contribution in [0.25, 0.3) is 0 Å². The van der Waals surface area contributed by atoms with E-state index in [1.807, 2.05) is 108 Å². The van der Waals surface area contributed by atoms with Gasteiger partial charge in [-0.05, 0) is 135 Å². The Morgan fingerprint density at radius 1 is 0.461 bits per heavy atom. The van der Waals surface area contributed by atoms with Gasteiger partial charge in [-0.15, -0.1) is 47.0 Å². The fraction of sp³-hybridized carbons (Fsp3) is 0.552. The summed E-state index contributed by atoms with van der Waals surface area (Å²) in [6, 6.07) is 23.2. The Hall–Kier alpha value is -4.46. The van der Waals surface area contributed by atoms with Crippen LogP contribution >= 0.6 is 47.0 Å². The van der Waals surface area contributed by atoms with Crippen LogP contribution in [0.5, 0.6) is 46.0 Å². The van der Waals surface area contributed by atoms with Crippen LogP contribution in [-0.2, 0) is 43.1 Å². The number of hydrogen-bond acceptors (Lipinski definition) is 18. The highest BCUT2D eigenvalue weighted by molar-refractivity contribution is 8.19. The minimum absolute atomic E-state index is 0.256. The Kier molecular flexibility index (Phi) is 22.7. The van der Waals surface area contributed by atoms with Gasteiger partial charge in [-0.25, -0.2) is 9.59 Å². The summed E-state index contributed by atoms with van der Waals surface area (Å²) >= 11 is 7.53. The maximum absolute atomic E-state index is 15.3. The van der Waals surface area contributed by atoms with Crippen molar-refractivity contribution in [2.24, 2.45) is 0 Å². The second-order valence-electron chi connectivity index (χ2n) is 19.0. The summed E-state index contributed by atoms with van der Waals surface area (Å²) < 4.78 is 58.8. The van der Waals surface area contributed by atoms with Crippen molar-refractivity contribution in [3.63, 3.8) is 0 Å². The molecule has 4 aromatic carbocycles. The molecule has 0 amide bonds. The molecule has 4 aromatic rings. The molecule has 2 heterocycles. The highest BCUT2D eigenvalue weighted by Gasteiger charge is 2.49. The summed E-state index contributed by atoms with van der Waals surface area (Å²) in [5, 5.41) is 0. The Morgan fingerprint density at radius 3 is 1.07 bits per heavy atom. The molecule has 0 aromatic heterocycles. The Morgan fingerprint density at radius 2 is 0.763 bits per heavy atom. The van der Waals surface area contributed by atoms with Gasteiger partial charge < -0.3 is 47.4 Å². The van der Waals surface area contributed by atoms with Crippen LogP contribution in [0.4, 0.5) is 0 Å². The van der Waals surface area contributed by atoms with Crippen LogP contribution < -0.4 is 37.9 Å². The molecule has 2 atom stereocenters. The van der Waals surface area contributed by atoms with Crippen molar-refractivity contribution in [3.05, 3.63) is 95.1 Å². The predicted molar refractivity (Wildman–Crippen MR) is 310 cm³/mol. The molecule has 2 saturated heterocycles. The molecule has 2 fully saturated rings. The predicted octanol–water partition coefficient (Wildman–Crippen LogP) is 11.7. The molecule has 0 N–H and O–H groups in total. The van der Waals surface area contributed by atoms with E-state index >= 15 is 9.59 Å². The molecule has 2 aliphatic heterocycles. The molecule has 0 bridgehead atoms. The number of thioether (sulfide) groups is 4. The first-order chi connectivity index (χ1) is 36.6. The first-order valence-electron chi connectivity index (χ1n) is 26.0. The van der Waals surface area contributed by atoms with E-state index in [9.17, 15) is 0 Å². The van der Waals surface area contributed by atoms with Crippen molar-refractivity contribution < 1.29 is 57.0 Å². The normalized spacial score (nSPS) is 16.7. The number of benzene rings is 4. The molecule has 0 spiro atoms.